The van der Waals surface area contributed by atoms with Crippen molar-refractivity contribution in [2.24, 2.45) is 5.10 Å². The average Bonchev–Trinajstić information content (AvgIpc) is 2.52. The van der Waals surface area contributed by atoms with Crippen molar-refractivity contribution in [3.8, 4) is 17.2 Å². The maximum atomic E-state index is 11.2. The van der Waals surface area contributed by atoms with Gasteiger partial charge in [0.15, 0.2) is 11.5 Å². The Balaban J connectivity index is 3.04. The molecule has 1 amide bonds. The number of nitrogens with zero attached hydrogens (tertiary/aromatic N) is 1. The third kappa shape index (κ3) is 6.06. The SMILES string of the molecule is CCOC(=O)N/N=C/c1cc(OCC)c(OCC)cc1OCC. The van der Waals surface area contributed by atoms with E-state index in [1.807, 2.05) is 20.8 Å². The normalized spacial score (nSPS) is 10.4. The minimum Gasteiger partial charge on any atom is -0.493 e. The van der Waals surface area contributed by atoms with Gasteiger partial charge in [0.05, 0.1) is 32.6 Å². The van der Waals surface area contributed by atoms with E-state index in [4.69, 9.17) is 18.9 Å². The van der Waals surface area contributed by atoms with E-state index in [-0.39, 0.29) is 6.61 Å². The summed E-state index contributed by atoms with van der Waals surface area (Å²) in [5.74, 6) is 1.79. The fourth-order valence-electron chi connectivity index (χ4n) is 1.79. The Morgan fingerprint density at radius 2 is 1.52 bits per heavy atom. The molecule has 1 aromatic carbocycles. The Morgan fingerprint density at radius 1 is 0.957 bits per heavy atom. The van der Waals surface area contributed by atoms with E-state index in [1.54, 1.807) is 19.1 Å². The van der Waals surface area contributed by atoms with E-state index in [0.717, 1.165) is 0 Å². The van der Waals surface area contributed by atoms with Crippen molar-refractivity contribution < 1.29 is 23.7 Å². The summed E-state index contributed by atoms with van der Waals surface area (Å²) in [6, 6.07) is 3.51. The topological polar surface area (TPSA) is 78.4 Å². The van der Waals surface area contributed by atoms with Crippen molar-refractivity contribution in [1.29, 1.82) is 0 Å². The first-order valence-electron chi connectivity index (χ1n) is 7.68. The van der Waals surface area contributed by atoms with Crippen LogP contribution in [-0.4, -0.2) is 38.7 Å². The highest BCUT2D eigenvalue weighted by molar-refractivity contribution is 5.86. The number of carbonyl (C=O) groups is 1. The minimum absolute atomic E-state index is 0.281. The number of rotatable bonds is 9. The van der Waals surface area contributed by atoms with Crippen molar-refractivity contribution in [3.63, 3.8) is 0 Å². The quantitative estimate of drug-likeness (QED) is 0.558. The number of hydrazone groups is 1. The minimum atomic E-state index is -0.613. The van der Waals surface area contributed by atoms with Gasteiger partial charge in [0, 0.05) is 11.6 Å². The summed E-state index contributed by atoms with van der Waals surface area (Å²) in [6.07, 6.45) is 0.859. The number of ether oxygens (including phenoxy) is 4. The van der Waals surface area contributed by atoms with Gasteiger partial charge in [-0.05, 0) is 33.8 Å². The predicted molar refractivity (Wildman–Crippen MR) is 87.7 cm³/mol. The number of benzene rings is 1. The summed E-state index contributed by atoms with van der Waals surface area (Å²) in [6.45, 7) is 9.19. The van der Waals surface area contributed by atoms with Crippen molar-refractivity contribution in [3.05, 3.63) is 17.7 Å². The molecular weight excluding hydrogens is 300 g/mol. The van der Waals surface area contributed by atoms with Crippen LogP contribution in [0.1, 0.15) is 33.3 Å². The van der Waals surface area contributed by atoms with Gasteiger partial charge >= 0.3 is 6.09 Å². The Bertz CT molecular complexity index is 531. The molecule has 0 saturated heterocycles. The molecule has 0 aliphatic carbocycles. The maximum absolute atomic E-state index is 11.2. The summed E-state index contributed by atoms with van der Waals surface area (Å²) < 4.78 is 21.5. The molecule has 0 aliphatic heterocycles. The Hall–Kier alpha value is -2.44. The second-order valence-corrected chi connectivity index (χ2v) is 4.23. The van der Waals surface area contributed by atoms with Crippen LogP contribution in [0.2, 0.25) is 0 Å². The largest absolute Gasteiger partial charge is 0.493 e. The lowest BCUT2D eigenvalue weighted by molar-refractivity contribution is 0.152. The second kappa shape index (κ2) is 10.3. The summed E-state index contributed by atoms with van der Waals surface area (Å²) >= 11 is 0. The third-order valence-electron chi connectivity index (χ3n) is 2.61. The first kappa shape index (κ1) is 18.6. The van der Waals surface area contributed by atoms with Crippen LogP contribution >= 0.6 is 0 Å². The van der Waals surface area contributed by atoms with E-state index in [9.17, 15) is 4.79 Å². The van der Waals surface area contributed by atoms with E-state index >= 15 is 0 Å². The molecule has 128 valence electrons. The molecule has 1 N–H and O–H groups in total. The first-order valence-corrected chi connectivity index (χ1v) is 7.68. The van der Waals surface area contributed by atoms with Crippen molar-refractivity contribution in [2.45, 2.75) is 27.7 Å². The molecule has 23 heavy (non-hydrogen) atoms. The van der Waals surface area contributed by atoms with Crippen molar-refractivity contribution >= 4 is 12.3 Å². The molecule has 0 aromatic heterocycles. The van der Waals surface area contributed by atoms with Crippen molar-refractivity contribution in [1.82, 2.24) is 5.43 Å². The Labute approximate surface area is 136 Å². The first-order chi connectivity index (χ1) is 11.2. The van der Waals surface area contributed by atoms with Gasteiger partial charge in [-0.1, -0.05) is 0 Å². The lowest BCUT2D eigenvalue weighted by Gasteiger charge is -2.15. The van der Waals surface area contributed by atoms with Crippen LogP contribution in [0.15, 0.2) is 17.2 Å². The maximum Gasteiger partial charge on any atom is 0.427 e. The van der Waals surface area contributed by atoms with Gasteiger partial charge in [0.2, 0.25) is 0 Å². The fourth-order valence-corrected chi connectivity index (χ4v) is 1.79. The van der Waals surface area contributed by atoms with Gasteiger partial charge < -0.3 is 18.9 Å². The molecular formula is C16H24N2O5. The van der Waals surface area contributed by atoms with Crippen molar-refractivity contribution in [2.75, 3.05) is 26.4 Å². The Kier molecular flexibility index (Phi) is 8.34. The van der Waals surface area contributed by atoms with Crippen LogP contribution in [0, 0.1) is 0 Å². The molecule has 0 atom stereocenters. The molecule has 0 heterocycles. The molecule has 0 unspecified atom stereocenters. The standard InChI is InChI=1S/C16H24N2O5/c1-5-20-13-10-15(22-7-3)14(21-6-2)9-12(13)11-17-18-16(19)23-8-4/h9-11H,5-8H2,1-4H3,(H,18,19)/b17-11+. The van der Waals surface area contributed by atoms with Crippen LogP contribution < -0.4 is 19.6 Å². The van der Waals surface area contributed by atoms with Crippen LogP contribution in [0.25, 0.3) is 0 Å². The van der Waals surface area contributed by atoms with Gasteiger partial charge in [0.25, 0.3) is 0 Å². The monoisotopic (exact) mass is 324 g/mol. The lowest BCUT2D eigenvalue weighted by Crippen LogP contribution is -2.18. The molecule has 0 saturated carbocycles. The Morgan fingerprint density at radius 3 is 2.09 bits per heavy atom. The molecule has 0 aliphatic rings. The van der Waals surface area contributed by atoms with E-state index < -0.39 is 6.09 Å². The molecule has 0 bridgehead atoms. The molecule has 0 spiro atoms. The highest BCUT2D eigenvalue weighted by atomic mass is 16.6. The van der Waals surface area contributed by atoms with Gasteiger partial charge in [-0.25, -0.2) is 10.2 Å². The highest BCUT2D eigenvalue weighted by Crippen LogP contribution is 2.34. The zero-order chi connectivity index (χ0) is 17.1. The fraction of sp³-hybridized carbons (Fsp3) is 0.500. The third-order valence-corrected chi connectivity index (χ3v) is 2.61. The average molecular weight is 324 g/mol. The van der Waals surface area contributed by atoms with Crippen LogP contribution in [0.5, 0.6) is 17.2 Å². The summed E-state index contributed by atoms with van der Waals surface area (Å²) in [5.41, 5.74) is 2.94. The van der Waals surface area contributed by atoms with Crippen LogP contribution in [-0.2, 0) is 4.74 Å². The molecule has 7 nitrogen and oxygen atoms in total. The second-order valence-electron chi connectivity index (χ2n) is 4.23. The molecule has 1 aromatic rings. The van der Waals surface area contributed by atoms with E-state index in [0.29, 0.717) is 42.6 Å². The lowest BCUT2D eigenvalue weighted by atomic mass is 10.2. The number of hydrogen-bond donors (Lipinski definition) is 1. The number of hydrogen-bond acceptors (Lipinski definition) is 6. The van der Waals surface area contributed by atoms with E-state index in [1.165, 1.54) is 6.21 Å². The molecule has 0 radical (unpaired) electrons. The van der Waals surface area contributed by atoms with Crippen LogP contribution in [0.3, 0.4) is 0 Å². The van der Waals surface area contributed by atoms with Gasteiger partial charge in [-0.15, -0.1) is 0 Å². The van der Waals surface area contributed by atoms with Gasteiger partial charge in [-0.3, -0.25) is 0 Å². The summed E-state index contributed by atoms with van der Waals surface area (Å²) in [7, 11) is 0. The summed E-state index contributed by atoms with van der Waals surface area (Å²) in [4.78, 5) is 11.2. The number of nitrogens with one attached hydrogen (secondary N) is 1. The highest BCUT2D eigenvalue weighted by Gasteiger charge is 2.12. The molecule has 1 rings (SSSR count). The van der Waals surface area contributed by atoms with Gasteiger partial charge in [0.1, 0.15) is 5.75 Å². The van der Waals surface area contributed by atoms with Gasteiger partial charge in [-0.2, -0.15) is 5.10 Å². The smallest absolute Gasteiger partial charge is 0.427 e. The number of carbonyl (C=O) groups excluding carboxylic acids is 1. The number of amides is 1. The zero-order valence-corrected chi connectivity index (χ0v) is 14.0. The molecule has 0 fully saturated rings. The summed E-state index contributed by atoms with van der Waals surface area (Å²) in [5, 5.41) is 3.85. The van der Waals surface area contributed by atoms with Crippen LogP contribution in [0.4, 0.5) is 4.79 Å². The predicted octanol–water partition coefficient (Wildman–Crippen LogP) is 2.96. The molecule has 7 heteroatoms. The zero-order valence-electron chi connectivity index (χ0n) is 14.0. The van der Waals surface area contributed by atoms with E-state index in [2.05, 4.69) is 10.5 Å².